The summed E-state index contributed by atoms with van der Waals surface area (Å²) in [5.41, 5.74) is 1.72. The van der Waals surface area contributed by atoms with Crippen LogP contribution < -0.4 is 0 Å². The van der Waals surface area contributed by atoms with Crippen molar-refractivity contribution >= 4 is 36.0 Å². The van der Waals surface area contributed by atoms with Gasteiger partial charge in [0.15, 0.2) is 0 Å². The highest BCUT2D eigenvalue weighted by atomic mass is 35.5. The predicted octanol–water partition coefficient (Wildman–Crippen LogP) is 3.94. The van der Waals surface area contributed by atoms with Crippen LogP contribution in [0.2, 0.25) is 5.02 Å². The lowest BCUT2D eigenvalue weighted by atomic mass is 10.1. The van der Waals surface area contributed by atoms with Crippen LogP contribution in [0.4, 0.5) is 0 Å². The molecule has 1 fully saturated rings. The Bertz CT molecular complexity index is 810. The fourth-order valence-electron chi connectivity index (χ4n) is 3.26. The molecule has 0 saturated carbocycles. The van der Waals surface area contributed by atoms with E-state index in [1.807, 2.05) is 52.3 Å². The molecule has 0 unspecified atom stereocenters. The SMILES string of the molecule is O=C(CCc1ccc(Cl)cc1)N1CCCN(C(=O)c2ccccc2S)CC1. The molecular weight excluding hydrogens is 380 g/mol. The van der Waals surface area contributed by atoms with Crippen LogP contribution in [-0.4, -0.2) is 47.8 Å². The highest BCUT2D eigenvalue weighted by Gasteiger charge is 2.23. The number of hydrogen-bond donors (Lipinski definition) is 1. The summed E-state index contributed by atoms with van der Waals surface area (Å²) in [7, 11) is 0. The molecule has 0 aromatic heterocycles. The predicted molar refractivity (Wildman–Crippen MR) is 111 cm³/mol. The number of hydrogen-bond acceptors (Lipinski definition) is 3. The zero-order valence-electron chi connectivity index (χ0n) is 15.1. The molecule has 27 heavy (non-hydrogen) atoms. The molecule has 2 aromatic rings. The number of amides is 2. The van der Waals surface area contributed by atoms with Crippen molar-refractivity contribution in [3.8, 4) is 0 Å². The van der Waals surface area contributed by atoms with E-state index in [1.54, 1.807) is 6.07 Å². The average molecular weight is 403 g/mol. The minimum Gasteiger partial charge on any atom is -0.341 e. The van der Waals surface area contributed by atoms with E-state index in [4.69, 9.17) is 11.6 Å². The highest BCUT2D eigenvalue weighted by Crippen LogP contribution is 2.17. The first-order valence-electron chi connectivity index (χ1n) is 9.14. The lowest BCUT2D eigenvalue weighted by molar-refractivity contribution is -0.131. The van der Waals surface area contributed by atoms with Gasteiger partial charge in [0, 0.05) is 42.5 Å². The number of halogens is 1. The summed E-state index contributed by atoms with van der Waals surface area (Å²) < 4.78 is 0. The van der Waals surface area contributed by atoms with Gasteiger partial charge in [-0.2, -0.15) is 0 Å². The molecule has 0 bridgehead atoms. The van der Waals surface area contributed by atoms with Gasteiger partial charge in [-0.3, -0.25) is 9.59 Å². The number of thiol groups is 1. The first kappa shape index (κ1) is 19.8. The van der Waals surface area contributed by atoms with Crippen molar-refractivity contribution in [1.29, 1.82) is 0 Å². The van der Waals surface area contributed by atoms with Gasteiger partial charge in [-0.15, -0.1) is 12.6 Å². The number of rotatable bonds is 4. The second-order valence-electron chi connectivity index (χ2n) is 6.67. The van der Waals surface area contributed by atoms with Crippen LogP contribution in [-0.2, 0) is 11.2 Å². The second-order valence-corrected chi connectivity index (χ2v) is 7.59. The summed E-state index contributed by atoms with van der Waals surface area (Å²) in [4.78, 5) is 29.7. The van der Waals surface area contributed by atoms with Gasteiger partial charge in [-0.1, -0.05) is 35.9 Å². The fraction of sp³-hybridized carbons (Fsp3) is 0.333. The molecule has 0 atom stereocenters. The summed E-state index contributed by atoms with van der Waals surface area (Å²) in [6.45, 7) is 2.46. The van der Waals surface area contributed by atoms with Crippen LogP contribution in [0.25, 0.3) is 0 Å². The Morgan fingerprint density at radius 2 is 1.59 bits per heavy atom. The van der Waals surface area contributed by atoms with Gasteiger partial charge >= 0.3 is 0 Å². The zero-order chi connectivity index (χ0) is 19.2. The molecular formula is C21H23ClN2O2S. The lowest BCUT2D eigenvalue weighted by Gasteiger charge is -2.22. The van der Waals surface area contributed by atoms with Crippen molar-refractivity contribution in [3.63, 3.8) is 0 Å². The van der Waals surface area contributed by atoms with Crippen molar-refractivity contribution < 1.29 is 9.59 Å². The van der Waals surface area contributed by atoms with E-state index in [1.165, 1.54) is 0 Å². The molecule has 0 N–H and O–H groups in total. The summed E-state index contributed by atoms with van der Waals surface area (Å²) in [6.07, 6.45) is 1.95. The molecule has 3 rings (SSSR count). The third-order valence-corrected chi connectivity index (χ3v) is 5.45. The standard InChI is InChI=1S/C21H23ClN2O2S/c22-17-9-6-16(7-10-17)8-11-20(25)23-12-3-13-24(15-14-23)21(26)18-4-1-2-5-19(18)27/h1-2,4-7,9-10,27H,3,8,11-15H2. The average Bonchev–Trinajstić information content (AvgIpc) is 2.93. The molecule has 0 aliphatic carbocycles. The van der Waals surface area contributed by atoms with E-state index >= 15 is 0 Å². The van der Waals surface area contributed by atoms with Gasteiger partial charge in [0.2, 0.25) is 5.91 Å². The van der Waals surface area contributed by atoms with Crippen molar-refractivity contribution in [2.75, 3.05) is 26.2 Å². The van der Waals surface area contributed by atoms with Crippen molar-refractivity contribution in [2.24, 2.45) is 0 Å². The Labute approximate surface area is 170 Å². The smallest absolute Gasteiger partial charge is 0.255 e. The Morgan fingerprint density at radius 3 is 2.33 bits per heavy atom. The van der Waals surface area contributed by atoms with Crippen molar-refractivity contribution in [1.82, 2.24) is 9.80 Å². The Hall–Kier alpha value is -1.98. The van der Waals surface area contributed by atoms with Gasteiger partial charge in [-0.05, 0) is 42.7 Å². The van der Waals surface area contributed by atoms with Gasteiger partial charge in [-0.25, -0.2) is 0 Å². The summed E-state index contributed by atoms with van der Waals surface area (Å²) in [5, 5.41) is 0.699. The summed E-state index contributed by atoms with van der Waals surface area (Å²) in [6, 6.07) is 14.9. The lowest BCUT2D eigenvalue weighted by Crippen LogP contribution is -2.37. The van der Waals surface area contributed by atoms with Gasteiger partial charge in [0.25, 0.3) is 5.91 Å². The van der Waals surface area contributed by atoms with Crippen LogP contribution in [0.3, 0.4) is 0 Å². The third kappa shape index (κ3) is 5.27. The minimum atomic E-state index is -0.0175. The first-order valence-corrected chi connectivity index (χ1v) is 9.96. The van der Waals surface area contributed by atoms with Crippen LogP contribution in [0, 0.1) is 0 Å². The summed E-state index contributed by atoms with van der Waals surface area (Å²) in [5.74, 6) is 0.116. The monoisotopic (exact) mass is 402 g/mol. The quantitative estimate of drug-likeness (QED) is 0.787. The molecule has 6 heteroatoms. The van der Waals surface area contributed by atoms with Gasteiger partial charge in [0.05, 0.1) is 5.56 Å². The molecule has 142 valence electrons. The molecule has 1 saturated heterocycles. The maximum atomic E-state index is 12.8. The number of benzene rings is 2. The van der Waals surface area contributed by atoms with Gasteiger partial charge in [0.1, 0.15) is 0 Å². The van der Waals surface area contributed by atoms with Crippen molar-refractivity contribution in [3.05, 3.63) is 64.7 Å². The highest BCUT2D eigenvalue weighted by molar-refractivity contribution is 7.80. The number of nitrogens with zero attached hydrogens (tertiary/aromatic N) is 2. The number of aryl methyl sites for hydroxylation is 1. The van der Waals surface area contributed by atoms with Crippen LogP contribution >= 0.6 is 24.2 Å². The normalized spacial score (nSPS) is 14.7. The molecule has 0 spiro atoms. The molecule has 1 aliphatic rings. The second kappa shape index (κ2) is 9.29. The van der Waals surface area contributed by atoms with E-state index < -0.39 is 0 Å². The van der Waals surface area contributed by atoms with E-state index in [0.717, 1.165) is 12.0 Å². The zero-order valence-corrected chi connectivity index (χ0v) is 16.8. The number of carbonyl (C=O) groups is 2. The van der Waals surface area contributed by atoms with E-state index in [-0.39, 0.29) is 11.8 Å². The van der Waals surface area contributed by atoms with Crippen LogP contribution in [0.15, 0.2) is 53.4 Å². The fourth-order valence-corrected chi connectivity index (χ4v) is 3.64. The molecule has 1 aliphatic heterocycles. The molecule has 0 radical (unpaired) electrons. The van der Waals surface area contributed by atoms with E-state index in [2.05, 4.69) is 12.6 Å². The van der Waals surface area contributed by atoms with E-state index in [9.17, 15) is 9.59 Å². The Balaban J connectivity index is 1.54. The largest absolute Gasteiger partial charge is 0.341 e. The topological polar surface area (TPSA) is 40.6 Å². The van der Waals surface area contributed by atoms with E-state index in [0.29, 0.717) is 54.5 Å². The number of carbonyl (C=O) groups excluding carboxylic acids is 2. The third-order valence-electron chi connectivity index (χ3n) is 4.81. The Kier molecular flexibility index (Phi) is 6.80. The maximum Gasteiger partial charge on any atom is 0.255 e. The van der Waals surface area contributed by atoms with Gasteiger partial charge < -0.3 is 9.80 Å². The Morgan fingerprint density at radius 1 is 0.926 bits per heavy atom. The van der Waals surface area contributed by atoms with Crippen LogP contribution in [0.1, 0.15) is 28.8 Å². The summed E-state index contributed by atoms with van der Waals surface area (Å²) >= 11 is 10.3. The van der Waals surface area contributed by atoms with Crippen LogP contribution in [0.5, 0.6) is 0 Å². The molecule has 2 aromatic carbocycles. The van der Waals surface area contributed by atoms with Crippen molar-refractivity contribution in [2.45, 2.75) is 24.2 Å². The maximum absolute atomic E-state index is 12.8. The molecule has 4 nitrogen and oxygen atoms in total. The minimum absolute atomic E-state index is 0.0175. The molecule has 1 heterocycles. The molecule has 2 amide bonds. The first-order chi connectivity index (χ1) is 13.0.